The molecule has 172 valence electrons. The van der Waals surface area contributed by atoms with Crippen LogP contribution < -0.4 is 5.73 Å². The highest BCUT2D eigenvalue weighted by Crippen LogP contribution is 2.28. The van der Waals surface area contributed by atoms with Gasteiger partial charge in [-0.25, -0.2) is 9.78 Å². The summed E-state index contributed by atoms with van der Waals surface area (Å²) in [6.07, 6.45) is 1.52. The Morgan fingerprint density at radius 1 is 1.25 bits per heavy atom. The Morgan fingerprint density at radius 2 is 2.03 bits per heavy atom. The van der Waals surface area contributed by atoms with Gasteiger partial charge < -0.3 is 24.8 Å². The second kappa shape index (κ2) is 12.1. The molecule has 0 spiro atoms. The van der Waals surface area contributed by atoms with E-state index in [-0.39, 0.29) is 25.9 Å². The van der Waals surface area contributed by atoms with Gasteiger partial charge in [0, 0.05) is 18.5 Å². The summed E-state index contributed by atoms with van der Waals surface area (Å²) < 4.78 is 17.1. The Morgan fingerprint density at radius 3 is 2.66 bits per heavy atom. The third kappa shape index (κ3) is 6.86. The molecule has 2 N–H and O–H groups in total. The third-order valence-corrected chi connectivity index (χ3v) is 6.45. The minimum Gasteiger partial charge on any atom is -0.465 e. The van der Waals surface area contributed by atoms with Crippen molar-refractivity contribution in [3.05, 3.63) is 62.5 Å². The number of nitrogens with two attached hydrogens (primary N) is 1. The lowest BCUT2D eigenvalue weighted by molar-refractivity contribution is -0.148. The van der Waals surface area contributed by atoms with Gasteiger partial charge in [0.05, 0.1) is 13.2 Å². The first-order chi connectivity index (χ1) is 15.5. The molecule has 1 aliphatic heterocycles. The molecule has 2 heterocycles. The third-order valence-electron chi connectivity index (χ3n) is 4.84. The number of ether oxygens (including phenoxy) is 3. The molecule has 0 saturated carbocycles. The second-order valence-corrected chi connectivity index (χ2v) is 8.82. The summed E-state index contributed by atoms with van der Waals surface area (Å²) in [4.78, 5) is 30.5. The van der Waals surface area contributed by atoms with Crippen LogP contribution in [0.5, 0.6) is 0 Å². The van der Waals surface area contributed by atoms with Gasteiger partial charge >= 0.3 is 12.1 Å². The van der Waals surface area contributed by atoms with Gasteiger partial charge in [-0.15, -0.1) is 11.3 Å². The van der Waals surface area contributed by atoms with Crippen molar-refractivity contribution in [3.63, 3.8) is 0 Å². The number of esters is 1. The van der Waals surface area contributed by atoms with Crippen LogP contribution in [0, 0.1) is 0 Å². The number of hydrogen-bond acceptors (Lipinski definition) is 8. The summed E-state index contributed by atoms with van der Waals surface area (Å²) in [5.41, 5.74) is 8.08. The van der Waals surface area contributed by atoms with E-state index in [1.54, 1.807) is 11.8 Å². The molecule has 2 atom stereocenters. The Balaban J connectivity index is 1.53. The Bertz CT molecular complexity index is 937. The highest BCUT2D eigenvalue weighted by atomic mass is 79.9. The molecular formula is C22H26BrN3O5S. The molecule has 0 aliphatic carbocycles. The molecule has 1 aromatic carbocycles. The van der Waals surface area contributed by atoms with Crippen molar-refractivity contribution in [2.75, 3.05) is 26.3 Å². The van der Waals surface area contributed by atoms with Crippen molar-refractivity contribution >= 4 is 39.3 Å². The quantitative estimate of drug-likeness (QED) is 0.393. The van der Waals surface area contributed by atoms with E-state index in [1.807, 2.05) is 41.8 Å². The molecular weight excluding hydrogens is 498 g/mol. The summed E-state index contributed by atoms with van der Waals surface area (Å²) in [6.45, 7) is 3.45. The van der Waals surface area contributed by atoms with Crippen LogP contribution in [0.3, 0.4) is 0 Å². The Kier molecular flexibility index (Phi) is 9.22. The molecule has 3 rings (SSSR count). The van der Waals surface area contributed by atoms with Gasteiger partial charge in [-0.1, -0.05) is 36.4 Å². The monoisotopic (exact) mass is 523 g/mol. The summed E-state index contributed by atoms with van der Waals surface area (Å²) in [5, 5.41) is 2.41. The maximum Gasteiger partial charge on any atom is 0.410 e. The van der Waals surface area contributed by atoms with Crippen LogP contribution in [-0.2, 0) is 25.6 Å². The van der Waals surface area contributed by atoms with Gasteiger partial charge in [-0.3, -0.25) is 4.79 Å². The fourth-order valence-corrected chi connectivity index (χ4v) is 4.46. The van der Waals surface area contributed by atoms with Crippen molar-refractivity contribution < 1.29 is 23.8 Å². The molecule has 0 radical (unpaired) electrons. The minimum absolute atomic E-state index is 0.238. The first-order valence-corrected chi connectivity index (χ1v) is 11.9. The standard InChI is InChI=1S/C22H26BrN3O5S/c1-2-29-21(27)18(24)19(20-25-17(23)14-32-20)30-12-16-8-10-26(11-9-16)22(28)31-13-15-6-4-3-5-7-15/h3-8,14,18-19H,2,9-13,24H2,1H3. The van der Waals surface area contributed by atoms with E-state index in [0.29, 0.717) is 29.1 Å². The van der Waals surface area contributed by atoms with Crippen LogP contribution in [0.15, 0.2) is 52.0 Å². The summed E-state index contributed by atoms with van der Waals surface area (Å²) in [6, 6.07) is 8.58. The zero-order valence-electron chi connectivity index (χ0n) is 17.7. The van der Waals surface area contributed by atoms with Crippen molar-refractivity contribution in [3.8, 4) is 0 Å². The van der Waals surface area contributed by atoms with Gasteiger partial charge in [0.1, 0.15) is 28.4 Å². The number of amides is 1. The lowest BCUT2D eigenvalue weighted by Crippen LogP contribution is -2.40. The maximum absolute atomic E-state index is 12.3. The van der Waals surface area contributed by atoms with E-state index < -0.39 is 18.1 Å². The molecule has 1 aromatic heterocycles. The number of halogens is 1. The molecule has 10 heteroatoms. The summed E-state index contributed by atoms with van der Waals surface area (Å²) >= 11 is 4.68. The van der Waals surface area contributed by atoms with Gasteiger partial charge in [-0.05, 0) is 40.4 Å². The fourth-order valence-electron chi connectivity index (χ4n) is 3.10. The van der Waals surface area contributed by atoms with Crippen molar-refractivity contribution in [2.45, 2.75) is 32.1 Å². The predicted octanol–water partition coefficient (Wildman–Crippen LogP) is 3.82. The molecule has 0 saturated heterocycles. The van der Waals surface area contributed by atoms with Crippen LogP contribution >= 0.6 is 27.3 Å². The molecule has 0 bridgehead atoms. The Hall–Kier alpha value is -2.27. The average molecular weight is 524 g/mol. The highest BCUT2D eigenvalue weighted by molar-refractivity contribution is 9.10. The van der Waals surface area contributed by atoms with E-state index in [0.717, 1.165) is 11.1 Å². The fraction of sp³-hybridized carbons (Fsp3) is 0.409. The first kappa shape index (κ1) is 24.4. The maximum atomic E-state index is 12.3. The number of aromatic nitrogens is 1. The largest absolute Gasteiger partial charge is 0.465 e. The molecule has 1 aliphatic rings. The van der Waals surface area contributed by atoms with E-state index in [9.17, 15) is 9.59 Å². The number of carbonyl (C=O) groups is 2. The lowest BCUT2D eigenvalue weighted by atomic mass is 10.1. The van der Waals surface area contributed by atoms with Gasteiger partial charge in [0.15, 0.2) is 0 Å². The molecule has 0 fully saturated rings. The molecule has 2 unspecified atom stereocenters. The minimum atomic E-state index is -0.985. The Labute approximate surface area is 199 Å². The molecule has 32 heavy (non-hydrogen) atoms. The van der Waals surface area contributed by atoms with Gasteiger partial charge in [-0.2, -0.15) is 0 Å². The molecule has 2 aromatic rings. The number of rotatable bonds is 9. The zero-order chi connectivity index (χ0) is 22.9. The van der Waals surface area contributed by atoms with Crippen molar-refractivity contribution in [2.24, 2.45) is 5.73 Å². The normalized spacial score (nSPS) is 15.6. The van der Waals surface area contributed by atoms with Crippen LogP contribution in [0.1, 0.15) is 30.0 Å². The first-order valence-electron chi connectivity index (χ1n) is 10.3. The zero-order valence-corrected chi connectivity index (χ0v) is 20.1. The van der Waals surface area contributed by atoms with Crippen LogP contribution in [0.4, 0.5) is 4.79 Å². The lowest BCUT2D eigenvalue weighted by Gasteiger charge is -2.27. The second-order valence-electron chi connectivity index (χ2n) is 7.12. The topological polar surface area (TPSA) is 104 Å². The van der Waals surface area contributed by atoms with Crippen LogP contribution in [0.25, 0.3) is 0 Å². The summed E-state index contributed by atoms with van der Waals surface area (Å²) in [7, 11) is 0. The van der Waals surface area contributed by atoms with E-state index >= 15 is 0 Å². The number of hydrogen-bond donors (Lipinski definition) is 1. The van der Waals surface area contributed by atoms with Crippen LogP contribution in [-0.4, -0.2) is 54.3 Å². The average Bonchev–Trinajstić information content (AvgIpc) is 3.24. The number of thiazole rings is 1. The SMILES string of the molecule is CCOC(=O)C(N)C(OCC1=CCN(C(=O)OCc2ccccc2)CC1)c1nc(Br)cs1. The van der Waals surface area contributed by atoms with E-state index in [1.165, 1.54) is 11.3 Å². The number of benzene rings is 1. The van der Waals surface area contributed by atoms with Gasteiger partial charge in [0.2, 0.25) is 0 Å². The molecule has 1 amide bonds. The molecule has 8 nitrogen and oxygen atoms in total. The van der Waals surface area contributed by atoms with Crippen LogP contribution in [0.2, 0.25) is 0 Å². The highest BCUT2D eigenvalue weighted by Gasteiger charge is 2.31. The number of carbonyl (C=O) groups excluding carboxylic acids is 2. The van der Waals surface area contributed by atoms with E-state index in [4.69, 9.17) is 19.9 Å². The predicted molar refractivity (Wildman–Crippen MR) is 124 cm³/mol. The van der Waals surface area contributed by atoms with E-state index in [2.05, 4.69) is 20.9 Å². The smallest absolute Gasteiger partial charge is 0.410 e. The van der Waals surface area contributed by atoms with Crippen molar-refractivity contribution in [1.82, 2.24) is 9.88 Å². The number of nitrogens with zero attached hydrogens (tertiary/aromatic N) is 2. The van der Waals surface area contributed by atoms with Gasteiger partial charge in [0.25, 0.3) is 0 Å². The van der Waals surface area contributed by atoms with Crippen molar-refractivity contribution in [1.29, 1.82) is 0 Å². The summed E-state index contributed by atoms with van der Waals surface area (Å²) in [5.74, 6) is -0.534.